The van der Waals surface area contributed by atoms with Gasteiger partial charge in [-0.1, -0.05) is 0 Å². The van der Waals surface area contributed by atoms with Crippen LogP contribution in [0, 0.1) is 27.3 Å². The number of anilines is 2. The van der Waals surface area contributed by atoms with Crippen LogP contribution >= 0.6 is 0 Å². The van der Waals surface area contributed by atoms with E-state index in [-0.39, 0.29) is 16.3 Å². The highest BCUT2D eigenvalue weighted by molar-refractivity contribution is 7.91. The van der Waals surface area contributed by atoms with E-state index in [9.17, 15) is 68.8 Å². The quantitative estimate of drug-likeness (QED) is 0.0940. The van der Waals surface area contributed by atoms with Gasteiger partial charge >= 0.3 is 18.4 Å². The van der Waals surface area contributed by atoms with E-state index in [0.717, 1.165) is 49.4 Å². The Balaban J connectivity index is 0.000000286. The van der Waals surface area contributed by atoms with E-state index in [1.165, 1.54) is 19.9 Å². The molecule has 272 valence electrons. The Hall–Kier alpha value is -5.62. The highest BCUT2D eigenvalue weighted by atomic mass is 32.2. The minimum absolute atomic E-state index is 0.343. The summed E-state index contributed by atoms with van der Waals surface area (Å²) >= 11 is 0. The van der Waals surface area contributed by atoms with Crippen LogP contribution in [-0.4, -0.2) is 53.2 Å². The van der Waals surface area contributed by atoms with Gasteiger partial charge in [-0.25, -0.2) is 22.5 Å². The van der Waals surface area contributed by atoms with Crippen LogP contribution in [-0.2, 0) is 31.8 Å². The number of amides is 4. The molecule has 0 bridgehead atoms. The molecule has 1 atom stereocenters. The van der Waals surface area contributed by atoms with Crippen molar-refractivity contribution in [3.63, 3.8) is 0 Å². The molecule has 0 spiro atoms. The standard InChI is InChI=1S/C18H14F4N2O4S.C12H10F3N3O4/c1-17(26,10-29(27,28)14-6-3-12(19)4-7-14)16(25)24-13-5-2-11(9-23)15(8-13)18(20,21)22;1-11(2)9(19)17(10(20)16-11)6-3-4-8(18(21)22)7(5-6)12(13,14)15/h2-8,26H,10H2,1H3,(H,24,25);3-5H,1-2H3,(H,16,20)/t17-;/m0./s1. The molecule has 4 amide bonds. The summed E-state index contributed by atoms with van der Waals surface area (Å²) < 4.78 is 115. The SMILES string of the molecule is CC1(C)NC(=O)N(c2ccc([N+](=O)[O-])c(C(F)(F)F)c2)C1=O.C[C@](O)(CS(=O)(=O)c1ccc(F)cc1)C(=O)Nc1ccc(C#N)c(C(F)(F)F)c1. The molecule has 0 aromatic heterocycles. The number of urea groups is 1. The predicted octanol–water partition coefficient (Wildman–Crippen LogP) is 5.33. The second-order valence-electron chi connectivity index (χ2n) is 11.5. The lowest BCUT2D eigenvalue weighted by Crippen LogP contribution is -2.45. The number of nitro benzene ring substituents is 1. The Morgan fingerprint density at radius 3 is 2.04 bits per heavy atom. The number of rotatable bonds is 7. The smallest absolute Gasteiger partial charge is 0.379 e. The number of nitriles is 1. The first kappa shape index (κ1) is 39.8. The molecular weight excluding hydrogens is 723 g/mol. The van der Waals surface area contributed by atoms with Gasteiger partial charge in [-0.3, -0.25) is 19.7 Å². The number of carbonyl (C=O) groups is 3. The number of aliphatic hydroxyl groups is 1. The van der Waals surface area contributed by atoms with Gasteiger partial charge in [0, 0.05) is 11.8 Å². The molecule has 0 saturated carbocycles. The lowest BCUT2D eigenvalue weighted by Gasteiger charge is -2.22. The van der Waals surface area contributed by atoms with Crippen molar-refractivity contribution in [3.8, 4) is 6.07 Å². The molecule has 0 aliphatic carbocycles. The largest absolute Gasteiger partial charge is 0.423 e. The van der Waals surface area contributed by atoms with Crippen molar-refractivity contribution in [3.05, 3.63) is 93.3 Å². The van der Waals surface area contributed by atoms with Gasteiger partial charge < -0.3 is 15.7 Å². The van der Waals surface area contributed by atoms with Crippen LogP contribution in [0.3, 0.4) is 0 Å². The summed E-state index contributed by atoms with van der Waals surface area (Å²) in [5.41, 5.74) is -9.19. The van der Waals surface area contributed by atoms with Crippen molar-refractivity contribution in [1.82, 2.24) is 5.32 Å². The molecule has 1 fully saturated rings. The van der Waals surface area contributed by atoms with E-state index in [2.05, 4.69) is 5.32 Å². The third-order valence-corrected chi connectivity index (χ3v) is 8.87. The molecular formula is C30H24F7N5O8S. The van der Waals surface area contributed by atoms with Crippen molar-refractivity contribution in [1.29, 1.82) is 5.26 Å². The predicted molar refractivity (Wildman–Crippen MR) is 162 cm³/mol. The summed E-state index contributed by atoms with van der Waals surface area (Å²) in [7, 11) is -4.21. The van der Waals surface area contributed by atoms with Gasteiger partial charge in [0.25, 0.3) is 17.5 Å². The summed E-state index contributed by atoms with van der Waals surface area (Å²) in [6, 6.07) is 8.46. The molecule has 51 heavy (non-hydrogen) atoms. The van der Waals surface area contributed by atoms with E-state index in [1.54, 1.807) is 0 Å². The van der Waals surface area contributed by atoms with E-state index in [1.807, 2.05) is 5.32 Å². The Labute approximate surface area is 283 Å². The number of hydrogen-bond donors (Lipinski definition) is 3. The highest BCUT2D eigenvalue weighted by Gasteiger charge is 2.47. The summed E-state index contributed by atoms with van der Waals surface area (Å²) in [5, 5.41) is 34.0. The first-order valence-electron chi connectivity index (χ1n) is 13.9. The van der Waals surface area contributed by atoms with Crippen LogP contribution in [0.2, 0.25) is 0 Å². The third-order valence-electron chi connectivity index (χ3n) is 6.94. The summed E-state index contributed by atoms with van der Waals surface area (Å²) in [5.74, 6) is -3.81. The zero-order valence-corrected chi connectivity index (χ0v) is 27.0. The van der Waals surface area contributed by atoms with Crippen LogP contribution in [0.5, 0.6) is 0 Å². The molecule has 1 aliphatic heterocycles. The molecule has 1 aliphatic rings. The molecule has 3 aromatic carbocycles. The van der Waals surface area contributed by atoms with E-state index in [4.69, 9.17) is 5.26 Å². The number of nitrogens with zero attached hydrogens (tertiary/aromatic N) is 3. The molecule has 1 saturated heterocycles. The van der Waals surface area contributed by atoms with Gasteiger partial charge in [-0.2, -0.15) is 31.6 Å². The zero-order chi connectivity index (χ0) is 38.9. The van der Waals surface area contributed by atoms with E-state index in [0.29, 0.717) is 23.1 Å². The second-order valence-corrected chi connectivity index (χ2v) is 13.5. The van der Waals surface area contributed by atoms with Gasteiger partial charge in [-0.15, -0.1) is 0 Å². The number of imide groups is 1. The summed E-state index contributed by atoms with van der Waals surface area (Å²) in [6.07, 6.45) is -9.85. The fourth-order valence-electron chi connectivity index (χ4n) is 4.41. The molecule has 13 nitrogen and oxygen atoms in total. The minimum Gasteiger partial charge on any atom is -0.379 e. The van der Waals surface area contributed by atoms with Gasteiger partial charge in [0.15, 0.2) is 15.4 Å². The van der Waals surface area contributed by atoms with Crippen LogP contribution in [0.25, 0.3) is 0 Å². The number of nitro groups is 1. The third kappa shape index (κ3) is 9.14. The number of benzene rings is 3. The number of sulfone groups is 1. The first-order chi connectivity index (χ1) is 23.2. The summed E-state index contributed by atoms with van der Waals surface area (Å²) in [6.45, 7) is 3.66. The van der Waals surface area contributed by atoms with Gasteiger partial charge in [0.1, 0.15) is 16.9 Å². The van der Waals surface area contributed by atoms with Gasteiger partial charge in [0.2, 0.25) is 0 Å². The highest BCUT2D eigenvalue weighted by Crippen LogP contribution is 2.39. The molecule has 1 heterocycles. The van der Waals surface area contributed by atoms with Crippen molar-refractivity contribution in [2.45, 2.75) is 49.2 Å². The topological polar surface area (TPSA) is 200 Å². The van der Waals surface area contributed by atoms with E-state index >= 15 is 0 Å². The van der Waals surface area contributed by atoms with Crippen LogP contribution in [0.1, 0.15) is 37.5 Å². The first-order valence-corrected chi connectivity index (χ1v) is 15.5. The maximum absolute atomic E-state index is 13.0. The summed E-state index contributed by atoms with van der Waals surface area (Å²) in [4.78, 5) is 45.8. The Bertz CT molecular complexity index is 2040. The zero-order valence-electron chi connectivity index (χ0n) is 26.2. The normalized spacial score (nSPS) is 15.5. The number of nitrogens with one attached hydrogen (secondary N) is 2. The van der Waals surface area contributed by atoms with Crippen molar-refractivity contribution >= 4 is 44.7 Å². The average Bonchev–Trinajstić information content (AvgIpc) is 3.21. The molecule has 4 rings (SSSR count). The number of alkyl halides is 6. The second kappa shape index (κ2) is 13.9. The fourth-order valence-corrected chi connectivity index (χ4v) is 6.00. The maximum atomic E-state index is 13.0. The molecule has 21 heteroatoms. The van der Waals surface area contributed by atoms with Gasteiger partial charge in [-0.05, 0) is 75.4 Å². The minimum atomic E-state index is -4.99. The van der Waals surface area contributed by atoms with Crippen LogP contribution in [0.15, 0.2) is 65.6 Å². The monoisotopic (exact) mass is 747 g/mol. The Morgan fingerprint density at radius 2 is 1.57 bits per heavy atom. The van der Waals surface area contributed by atoms with Crippen molar-refractivity contribution in [2.75, 3.05) is 16.0 Å². The molecule has 3 aromatic rings. The Kier molecular flexibility index (Phi) is 10.9. The maximum Gasteiger partial charge on any atom is 0.423 e. The molecule has 0 unspecified atom stereocenters. The fraction of sp³-hybridized carbons (Fsp3) is 0.267. The van der Waals surface area contributed by atoms with E-state index < -0.39 is 90.0 Å². The van der Waals surface area contributed by atoms with Crippen LogP contribution in [0.4, 0.5) is 52.6 Å². The van der Waals surface area contributed by atoms with Crippen molar-refractivity contribution in [2.24, 2.45) is 0 Å². The number of halogens is 7. The lowest BCUT2D eigenvalue weighted by atomic mass is 10.1. The molecule has 3 N–H and O–H groups in total. The van der Waals surface area contributed by atoms with Crippen molar-refractivity contribution < 1.29 is 63.6 Å². The lowest BCUT2D eigenvalue weighted by molar-refractivity contribution is -0.388. The molecule has 0 radical (unpaired) electrons. The number of carbonyl (C=O) groups excluding carboxylic acids is 3. The van der Waals surface area contributed by atoms with Crippen LogP contribution < -0.4 is 15.5 Å². The van der Waals surface area contributed by atoms with Gasteiger partial charge in [0.05, 0.1) is 38.5 Å². The number of hydrogen-bond acceptors (Lipinski definition) is 9. The average molecular weight is 748 g/mol. The Morgan fingerprint density at radius 1 is 1.00 bits per heavy atom.